The Bertz CT molecular complexity index is 253. The summed E-state index contributed by atoms with van der Waals surface area (Å²) in [6.45, 7) is 0. The molecule has 0 amide bonds. The molecule has 0 aromatic rings. The molecule has 8 N–H and O–H groups in total. The molecule has 5 heteroatoms. The topological polar surface area (TPSA) is 104 Å². The van der Waals surface area contributed by atoms with Gasteiger partial charge >= 0.3 is 0 Å². The van der Waals surface area contributed by atoms with Crippen LogP contribution < -0.4 is 22.9 Å². The van der Waals surface area contributed by atoms with Gasteiger partial charge in [-0.2, -0.15) is 0 Å². The maximum atomic E-state index is 6.35. The van der Waals surface area contributed by atoms with E-state index in [0.29, 0.717) is 11.8 Å². The smallest absolute Gasteiger partial charge is 0.101 e. The van der Waals surface area contributed by atoms with Crippen LogP contribution in [0.1, 0.15) is 32.1 Å². The lowest BCUT2D eigenvalue weighted by atomic mass is 9.45. The Labute approximate surface area is 96.5 Å². The van der Waals surface area contributed by atoms with Gasteiger partial charge in [-0.05, 0) is 43.9 Å². The average Bonchev–Trinajstić information content (AvgIpc) is 1.98. The van der Waals surface area contributed by atoms with Crippen LogP contribution >= 0.6 is 12.4 Å². The summed E-state index contributed by atoms with van der Waals surface area (Å²) in [5.74, 6) is 1.33. The summed E-state index contributed by atoms with van der Waals surface area (Å²) in [5, 5.41) is 0. The van der Waals surface area contributed by atoms with Crippen LogP contribution in [0.2, 0.25) is 0 Å². The van der Waals surface area contributed by atoms with Crippen LogP contribution in [-0.2, 0) is 0 Å². The zero-order chi connectivity index (χ0) is 10.2. The van der Waals surface area contributed by atoms with Crippen molar-refractivity contribution in [2.45, 2.75) is 48.8 Å². The maximum absolute atomic E-state index is 6.35. The van der Waals surface area contributed by atoms with Crippen LogP contribution in [0, 0.1) is 11.8 Å². The summed E-state index contributed by atoms with van der Waals surface area (Å²) in [5.41, 5.74) is 23.4. The zero-order valence-corrected chi connectivity index (χ0v) is 9.72. The predicted octanol–water partition coefficient (Wildman–Crippen LogP) is -0.359. The van der Waals surface area contributed by atoms with Gasteiger partial charge in [0.25, 0.3) is 0 Å². The molecule has 4 nitrogen and oxygen atoms in total. The van der Waals surface area contributed by atoms with E-state index in [2.05, 4.69) is 0 Å². The average molecular weight is 233 g/mol. The van der Waals surface area contributed by atoms with Crippen LogP contribution in [0.5, 0.6) is 0 Å². The van der Waals surface area contributed by atoms with E-state index in [-0.39, 0.29) is 12.4 Å². The zero-order valence-electron chi connectivity index (χ0n) is 8.91. The lowest BCUT2D eigenvalue weighted by Gasteiger charge is -2.67. The van der Waals surface area contributed by atoms with Crippen LogP contribution in [0.15, 0.2) is 0 Å². The van der Waals surface area contributed by atoms with Crippen LogP contribution in [0.25, 0.3) is 0 Å². The third kappa shape index (κ3) is 1.17. The molecule has 0 saturated heterocycles. The molecule has 0 heterocycles. The summed E-state index contributed by atoms with van der Waals surface area (Å²) in [6, 6.07) is 0. The Morgan fingerprint density at radius 1 is 0.733 bits per heavy atom. The number of halogens is 1. The second kappa shape index (κ2) is 2.87. The highest BCUT2D eigenvalue weighted by atomic mass is 35.5. The minimum absolute atomic E-state index is 0. The van der Waals surface area contributed by atoms with E-state index in [4.69, 9.17) is 22.9 Å². The molecule has 88 valence electrons. The minimum atomic E-state index is -0.868. The van der Waals surface area contributed by atoms with Crippen molar-refractivity contribution in [1.82, 2.24) is 0 Å². The monoisotopic (exact) mass is 232 g/mol. The Kier molecular flexibility index (Phi) is 2.22. The van der Waals surface area contributed by atoms with Crippen molar-refractivity contribution in [3.63, 3.8) is 0 Å². The molecule has 15 heavy (non-hydrogen) atoms. The van der Waals surface area contributed by atoms with Crippen molar-refractivity contribution in [2.75, 3.05) is 0 Å². The van der Waals surface area contributed by atoms with Crippen LogP contribution in [-0.4, -0.2) is 16.7 Å². The molecule has 0 aromatic heterocycles. The van der Waals surface area contributed by atoms with Gasteiger partial charge < -0.3 is 22.9 Å². The van der Waals surface area contributed by atoms with Crippen molar-refractivity contribution in [3.05, 3.63) is 0 Å². The molecular formula is C10H21ClN4. The second-order valence-electron chi connectivity index (χ2n) is 5.97. The Balaban J connectivity index is 0.000000853. The van der Waals surface area contributed by atoms with Gasteiger partial charge in [0.1, 0.15) is 5.66 Å². The van der Waals surface area contributed by atoms with Gasteiger partial charge in [-0.25, -0.2) is 0 Å². The van der Waals surface area contributed by atoms with E-state index >= 15 is 0 Å². The first-order valence-corrected chi connectivity index (χ1v) is 5.52. The molecule has 4 saturated carbocycles. The van der Waals surface area contributed by atoms with Crippen molar-refractivity contribution in [1.29, 1.82) is 0 Å². The highest BCUT2D eigenvalue weighted by molar-refractivity contribution is 5.85. The van der Waals surface area contributed by atoms with Gasteiger partial charge in [0, 0.05) is 11.1 Å². The lowest BCUT2D eigenvalue weighted by molar-refractivity contribution is -0.0875. The van der Waals surface area contributed by atoms with E-state index in [1.165, 1.54) is 6.42 Å². The van der Waals surface area contributed by atoms with Gasteiger partial charge in [0.15, 0.2) is 0 Å². The molecule has 4 fully saturated rings. The van der Waals surface area contributed by atoms with E-state index in [9.17, 15) is 0 Å². The summed E-state index contributed by atoms with van der Waals surface area (Å²) < 4.78 is 0. The first-order valence-electron chi connectivity index (χ1n) is 5.52. The van der Waals surface area contributed by atoms with Crippen molar-refractivity contribution >= 4 is 12.4 Å². The quantitative estimate of drug-likeness (QED) is 0.428. The number of nitrogens with two attached hydrogens (primary N) is 4. The molecule has 0 spiro atoms. The van der Waals surface area contributed by atoms with Crippen LogP contribution in [0.4, 0.5) is 0 Å². The first-order chi connectivity index (χ1) is 6.36. The standard InChI is InChI=1S/C10H20N4.ClH/c11-8-2-6-1-7(4-8)5-9(12,3-6)10(8,13)14;/h6-7H,1-5,11-14H2;1H. The Morgan fingerprint density at radius 2 is 1.07 bits per heavy atom. The molecular weight excluding hydrogens is 212 g/mol. The minimum Gasteiger partial charge on any atom is -0.322 e. The summed E-state index contributed by atoms with van der Waals surface area (Å²) in [4.78, 5) is 0. The molecule has 4 aliphatic carbocycles. The molecule has 0 atom stereocenters. The fourth-order valence-electron chi connectivity index (χ4n) is 4.35. The third-order valence-corrected chi connectivity index (χ3v) is 4.93. The van der Waals surface area contributed by atoms with Gasteiger partial charge in [-0.3, -0.25) is 0 Å². The highest BCUT2D eigenvalue weighted by Crippen LogP contribution is 2.57. The van der Waals surface area contributed by atoms with Crippen LogP contribution in [0.3, 0.4) is 0 Å². The highest BCUT2D eigenvalue weighted by Gasteiger charge is 2.66. The molecule has 0 radical (unpaired) electrons. The number of hydrogen-bond donors (Lipinski definition) is 4. The van der Waals surface area contributed by atoms with E-state index in [1.807, 2.05) is 0 Å². The predicted molar refractivity (Wildman–Crippen MR) is 62.3 cm³/mol. The Hall–Kier alpha value is 0.130. The molecule has 0 aromatic carbocycles. The molecule has 0 unspecified atom stereocenters. The first kappa shape index (κ1) is 11.6. The lowest BCUT2D eigenvalue weighted by Crippen LogP contribution is -2.90. The maximum Gasteiger partial charge on any atom is 0.101 e. The number of hydrogen-bond acceptors (Lipinski definition) is 4. The van der Waals surface area contributed by atoms with Gasteiger partial charge in [0.05, 0.1) is 0 Å². The SMILES string of the molecule is Cl.NC12CC3CC(C1)CC(N)(C3)C2(N)N. The Morgan fingerprint density at radius 3 is 1.40 bits per heavy atom. The van der Waals surface area contributed by atoms with E-state index in [1.54, 1.807) is 0 Å². The molecule has 4 aliphatic rings. The number of rotatable bonds is 0. The van der Waals surface area contributed by atoms with Gasteiger partial charge in [-0.1, -0.05) is 0 Å². The molecule has 4 rings (SSSR count). The second-order valence-corrected chi connectivity index (χ2v) is 5.97. The molecule has 4 bridgehead atoms. The normalized spacial score (nSPS) is 55.2. The largest absolute Gasteiger partial charge is 0.322 e. The van der Waals surface area contributed by atoms with Crippen molar-refractivity contribution in [2.24, 2.45) is 34.8 Å². The van der Waals surface area contributed by atoms with Gasteiger partial charge in [-0.15, -0.1) is 12.4 Å². The molecule has 0 aliphatic heterocycles. The van der Waals surface area contributed by atoms with Gasteiger partial charge in [0.2, 0.25) is 0 Å². The summed E-state index contributed by atoms with van der Waals surface area (Å²) in [7, 11) is 0. The van der Waals surface area contributed by atoms with E-state index < -0.39 is 16.7 Å². The summed E-state index contributed by atoms with van der Waals surface area (Å²) >= 11 is 0. The third-order valence-electron chi connectivity index (χ3n) is 4.93. The summed E-state index contributed by atoms with van der Waals surface area (Å²) in [6.07, 6.45) is 5.16. The van der Waals surface area contributed by atoms with E-state index in [0.717, 1.165) is 25.7 Å². The fraction of sp³-hybridized carbons (Fsp3) is 1.00. The van der Waals surface area contributed by atoms with Crippen molar-refractivity contribution < 1.29 is 0 Å². The van der Waals surface area contributed by atoms with Crippen molar-refractivity contribution in [3.8, 4) is 0 Å². The fourth-order valence-corrected chi connectivity index (χ4v) is 4.35.